The van der Waals surface area contributed by atoms with Crippen molar-refractivity contribution < 1.29 is 0 Å². The molecule has 2 aromatic carbocycles. The molecule has 19 heavy (non-hydrogen) atoms. The van der Waals surface area contributed by atoms with Crippen LogP contribution in [-0.2, 0) is 13.1 Å². The van der Waals surface area contributed by atoms with Crippen molar-refractivity contribution in [2.45, 2.75) is 13.1 Å². The lowest BCUT2D eigenvalue weighted by Gasteiger charge is -2.21. The number of alkyl halides is 1. The van der Waals surface area contributed by atoms with Gasteiger partial charge in [0.15, 0.2) is 0 Å². The molecule has 0 amide bonds. The molecular formula is C16H17Br2N. The van der Waals surface area contributed by atoms with E-state index >= 15 is 0 Å². The second-order valence-electron chi connectivity index (χ2n) is 4.52. The summed E-state index contributed by atoms with van der Waals surface area (Å²) in [5.41, 5.74) is 2.70. The molecular weight excluding hydrogens is 366 g/mol. The molecule has 0 saturated carbocycles. The Kier molecular flexibility index (Phi) is 6.08. The van der Waals surface area contributed by atoms with Gasteiger partial charge in [-0.05, 0) is 23.3 Å². The lowest BCUT2D eigenvalue weighted by molar-refractivity contribution is 0.274. The zero-order valence-electron chi connectivity index (χ0n) is 10.7. The standard InChI is InChI=1S/C16H17Br2N/c17-9-10-19(12-14-5-2-1-3-6-14)13-15-7-4-8-16(18)11-15/h1-8,11H,9-10,12-13H2. The number of rotatable bonds is 6. The number of benzene rings is 2. The van der Waals surface area contributed by atoms with E-state index in [9.17, 15) is 0 Å². The second kappa shape index (κ2) is 7.83. The molecule has 0 spiro atoms. The summed E-state index contributed by atoms with van der Waals surface area (Å²) < 4.78 is 1.14. The first-order chi connectivity index (χ1) is 9.28. The molecule has 0 aliphatic rings. The highest BCUT2D eigenvalue weighted by molar-refractivity contribution is 9.10. The first kappa shape index (κ1) is 14.8. The Morgan fingerprint density at radius 1 is 0.842 bits per heavy atom. The van der Waals surface area contributed by atoms with Gasteiger partial charge in [-0.3, -0.25) is 4.90 Å². The highest BCUT2D eigenvalue weighted by atomic mass is 79.9. The first-order valence-electron chi connectivity index (χ1n) is 6.34. The molecule has 1 nitrogen and oxygen atoms in total. The van der Waals surface area contributed by atoms with Crippen molar-refractivity contribution in [1.82, 2.24) is 4.90 Å². The second-order valence-corrected chi connectivity index (χ2v) is 6.22. The predicted octanol–water partition coefficient (Wildman–Crippen LogP) is 4.85. The van der Waals surface area contributed by atoms with E-state index in [-0.39, 0.29) is 0 Å². The van der Waals surface area contributed by atoms with Gasteiger partial charge in [0.25, 0.3) is 0 Å². The van der Waals surface area contributed by atoms with Crippen molar-refractivity contribution in [3.05, 3.63) is 70.2 Å². The Morgan fingerprint density at radius 3 is 2.21 bits per heavy atom. The average Bonchev–Trinajstić information content (AvgIpc) is 2.40. The summed E-state index contributed by atoms with van der Waals surface area (Å²) in [5, 5.41) is 0.994. The topological polar surface area (TPSA) is 3.24 Å². The lowest BCUT2D eigenvalue weighted by atomic mass is 10.1. The van der Waals surface area contributed by atoms with Crippen molar-refractivity contribution in [2.24, 2.45) is 0 Å². The maximum Gasteiger partial charge on any atom is 0.0238 e. The van der Waals surface area contributed by atoms with Crippen molar-refractivity contribution in [3.8, 4) is 0 Å². The van der Waals surface area contributed by atoms with Crippen LogP contribution in [0.15, 0.2) is 59.1 Å². The van der Waals surface area contributed by atoms with Gasteiger partial charge in [0.1, 0.15) is 0 Å². The maximum absolute atomic E-state index is 3.54. The van der Waals surface area contributed by atoms with Crippen molar-refractivity contribution in [2.75, 3.05) is 11.9 Å². The zero-order valence-corrected chi connectivity index (χ0v) is 13.9. The average molecular weight is 383 g/mol. The van der Waals surface area contributed by atoms with Crippen LogP contribution < -0.4 is 0 Å². The van der Waals surface area contributed by atoms with Crippen molar-refractivity contribution in [3.63, 3.8) is 0 Å². The van der Waals surface area contributed by atoms with Crippen LogP contribution in [0, 0.1) is 0 Å². The largest absolute Gasteiger partial charge is 0.294 e. The van der Waals surface area contributed by atoms with E-state index in [0.29, 0.717) is 0 Å². The molecule has 2 aromatic rings. The highest BCUT2D eigenvalue weighted by Gasteiger charge is 2.06. The lowest BCUT2D eigenvalue weighted by Crippen LogP contribution is -2.24. The molecule has 2 rings (SSSR count). The van der Waals surface area contributed by atoms with Crippen LogP contribution in [0.1, 0.15) is 11.1 Å². The number of halogens is 2. The van der Waals surface area contributed by atoms with Gasteiger partial charge in [0.05, 0.1) is 0 Å². The summed E-state index contributed by atoms with van der Waals surface area (Å²) in [6, 6.07) is 19.1. The molecule has 0 unspecified atom stereocenters. The van der Waals surface area contributed by atoms with E-state index in [1.165, 1.54) is 11.1 Å². The van der Waals surface area contributed by atoms with Gasteiger partial charge in [-0.1, -0.05) is 74.3 Å². The fourth-order valence-corrected chi connectivity index (χ4v) is 3.02. The minimum atomic E-state index is 0.972. The number of hydrogen-bond acceptors (Lipinski definition) is 1. The van der Waals surface area contributed by atoms with Crippen LogP contribution in [0.4, 0.5) is 0 Å². The molecule has 0 saturated heterocycles. The number of hydrogen-bond donors (Lipinski definition) is 0. The molecule has 0 bridgehead atoms. The fourth-order valence-electron chi connectivity index (χ4n) is 2.07. The van der Waals surface area contributed by atoms with Gasteiger partial charge in [0, 0.05) is 29.4 Å². The minimum absolute atomic E-state index is 0.972. The monoisotopic (exact) mass is 381 g/mol. The molecule has 0 atom stereocenters. The molecule has 100 valence electrons. The van der Waals surface area contributed by atoms with E-state index in [0.717, 1.165) is 29.4 Å². The molecule has 0 N–H and O–H groups in total. The first-order valence-corrected chi connectivity index (χ1v) is 8.26. The Hall–Kier alpha value is -0.640. The van der Waals surface area contributed by atoms with Crippen molar-refractivity contribution in [1.29, 1.82) is 0 Å². The Labute approximate surface area is 131 Å². The maximum atomic E-state index is 3.54. The fraction of sp³-hybridized carbons (Fsp3) is 0.250. The summed E-state index contributed by atoms with van der Waals surface area (Å²) >= 11 is 7.07. The third kappa shape index (κ3) is 5.09. The predicted molar refractivity (Wildman–Crippen MR) is 88.5 cm³/mol. The smallest absolute Gasteiger partial charge is 0.0238 e. The van der Waals surface area contributed by atoms with Gasteiger partial charge < -0.3 is 0 Å². The van der Waals surface area contributed by atoms with Crippen LogP contribution in [0.3, 0.4) is 0 Å². The van der Waals surface area contributed by atoms with Crippen LogP contribution in [-0.4, -0.2) is 16.8 Å². The van der Waals surface area contributed by atoms with Gasteiger partial charge in [0.2, 0.25) is 0 Å². The summed E-state index contributed by atoms with van der Waals surface area (Å²) in [6.07, 6.45) is 0. The summed E-state index contributed by atoms with van der Waals surface area (Å²) in [7, 11) is 0. The van der Waals surface area contributed by atoms with E-state index in [1.54, 1.807) is 0 Å². The molecule has 0 radical (unpaired) electrons. The van der Waals surface area contributed by atoms with Gasteiger partial charge in [-0.2, -0.15) is 0 Å². The van der Waals surface area contributed by atoms with E-state index in [1.807, 2.05) is 0 Å². The van der Waals surface area contributed by atoms with Crippen LogP contribution in [0.25, 0.3) is 0 Å². The Balaban J connectivity index is 2.04. The normalized spacial score (nSPS) is 10.9. The molecule has 0 aliphatic carbocycles. The third-order valence-corrected chi connectivity index (χ3v) is 3.79. The molecule has 0 heterocycles. The minimum Gasteiger partial charge on any atom is -0.294 e. The molecule has 3 heteroatoms. The molecule has 0 aliphatic heterocycles. The third-order valence-electron chi connectivity index (χ3n) is 2.94. The molecule has 0 aromatic heterocycles. The SMILES string of the molecule is BrCCN(Cc1ccccc1)Cc1cccc(Br)c1. The van der Waals surface area contributed by atoms with Gasteiger partial charge in [-0.15, -0.1) is 0 Å². The van der Waals surface area contributed by atoms with E-state index in [4.69, 9.17) is 0 Å². The van der Waals surface area contributed by atoms with Crippen LogP contribution >= 0.6 is 31.9 Å². The van der Waals surface area contributed by atoms with E-state index < -0.39 is 0 Å². The number of nitrogens with zero attached hydrogens (tertiary/aromatic N) is 1. The highest BCUT2D eigenvalue weighted by Crippen LogP contribution is 2.15. The van der Waals surface area contributed by atoms with Gasteiger partial charge in [-0.25, -0.2) is 0 Å². The zero-order chi connectivity index (χ0) is 13.5. The van der Waals surface area contributed by atoms with Crippen LogP contribution in [0.2, 0.25) is 0 Å². The quantitative estimate of drug-likeness (QED) is 0.645. The molecule has 0 fully saturated rings. The summed E-state index contributed by atoms with van der Waals surface area (Å²) in [5.74, 6) is 0. The Bertz CT molecular complexity index is 499. The van der Waals surface area contributed by atoms with E-state index in [2.05, 4.69) is 91.4 Å². The van der Waals surface area contributed by atoms with Crippen molar-refractivity contribution >= 4 is 31.9 Å². The summed E-state index contributed by atoms with van der Waals surface area (Å²) in [6.45, 7) is 3.00. The van der Waals surface area contributed by atoms with Crippen LogP contribution in [0.5, 0.6) is 0 Å². The van der Waals surface area contributed by atoms with Gasteiger partial charge >= 0.3 is 0 Å². The summed E-state index contributed by atoms with van der Waals surface area (Å²) in [4.78, 5) is 2.45. The Morgan fingerprint density at radius 2 is 1.53 bits per heavy atom.